The van der Waals surface area contributed by atoms with Crippen molar-refractivity contribution in [1.82, 2.24) is 4.72 Å². The maximum Gasteiger partial charge on any atom is 0.241 e. The monoisotopic (exact) mass is 326 g/mol. The van der Waals surface area contributed by atoms with Crippen LogP contribution in [0.1, 0.15) is 47.5 Å². The molecule has 1 amide bonds. The second kappa shape index (κ2) is 7.24. The first-order valence-corrected chi connectivity index (χ1v) is 8.92. The van der Waals surface area contributed by atoms with Crippen LogP contribution in [0.5, 0.6) is 0 Å². The van der Waals surface area contributed by atoms with E-state index in [4.69, 9.17) is 0 Å². The van der Waals surface area contributed by atoms with Crippen LogP contribution in [0.25, 0.3) is 0 Å². The fourth-order valence-electron chi connectivity index (χ4n) is 1.85. The summed E-state index contributed by atoms with van der Waals surface area (Å²) in [6.07, 6.45) is 1.23. The molecule has 2 N–H and O–H groups in total. The lowest BCUT2D eigenvalue weighted by molar-refractivity contribution is -0.116. The highest BCUT2D eigenvalue weighted by atomic mass is 32.2. The number of sulfonamides is 1. The van der Waals surface area contributed by atoms with E-state index in [1.54, 1.807) is 32.9 Å². The zero-order chi connectivity index (χ0) is 17.0. The lowest BCUT2D eigenvalue weighted by Crippen LogP contribution is -2.40. The van der Waals surface area contributed by atoms with Crippen molar-refractivity contribution in [3.05, 3.63) is 24.3 Å². The quantitative estimate of drug-likeness (QED) is 0.843. The molecule has 0 saturated carbocycles. The van der Waals surface area contributed by atoms with Crippen LogP contribution in [-0.2, 0) is 14.8 Å². The van der Waals surface area contributed by atoms with Crippen LogP contribution >= 0.6 is 0 Å². The molecule has 1 rings (SSSR count). The fourth-order valence-corrected chi connectivity index (χ4v) is 3.31. The standard InChI is InChI=1S/C16H26N2O3S/c1-12(2)9-10-15(19)17-13-7-6-8-14(11-13)22(20,21)18-16(3,4)5/h6-8,11-12,18H,9-10H2,1-5H3,(H,17,19). The topological polar surface area (TPSA) is 75.3 Å². The molecule has 0 bridgehead atoms. The molecule has 0 aliphatic rings. The number of benzene rings is 1. The normalized spacial score (nSPS) is 12.5. The van der Waals surface area contributed by atoms with Gasteiger partial charge in [0.15, 0.2) is 0 Å². The van der Waals surface area contributed by atoms with Gasteiger partial charge in [0.2, 0.25) is 15.9 Å². The maximum absolute atomic E-state index is 12.3. The van der Waals surface area contributed by atoms with E-state index in [-0.39, 0.29) is 10.8 Å². The largest absolute Gasteiger partial charge is 0.326 e. The summed E-state index contributed by atoms with van der Waals surface area (Å²) in [6.45, 7) is 9.45. The van der Waals surface area contributed by atoms with Crippen molar-refractivity contribution >= 4 is 21.6 Å². The Bertz CT molecular complexity index is 617. The van der Waals surface area contributed by atoms with E-state index in [9.17, 15) is 13.2 Å². The first-order valence-electron chi connectivity index (χ1n) is 7.43. The lowest BCUT2D eigenvalue weighted by atomic mass is 10.1. The van der Waals surface area contributed by atoms with Crippen molar-refractivity contribution in [3.8, 4) is 0 Å². The number of amides is 1. The van der Waals surface area contributed by atoms with E-state index >= 15 is 0 Å². The summed E-state index contributed by atoms with van der Waals surface area (Å²) >= 11 is 0. The van der Waals surface area contributed by atoms with Crippen LogP contribution in [0.15, 0.2) is 29.2 Å². The van der Waals surface area contributed by atoms with Crippen LogP contribution in [0.4, 0.5) is 5.69 Å². The molecule has 0 aliphatic carbocycles. The average Bonchev–Trinajstić information content (AvgIpc) is 2.34. The Balaban J connectivity index is 2.84. The van der Waals surface area contributed by atoms with E-state index in [1.807, 2.05) is 0 Å². The summed E-state index contributed by atoms with van der Waals surface area (Å²) in [7, 11) is -3.60. The molecule has 0 saturated heterocycles. The van der Waals surface area contributed by atoms with Gasteiger partial charge in [-0.2, -0.15) is 0 Å². The van der Waals surface area contributed by atoms with Gasteiger partial charge < -0.3 is 5.32 Å². The number of nitrogens with one attached hydrogen (secondary N) is 2. The SMILES string of the molecule is CC(C)CCC(=O)Nc1cccc(S(=O)(=O)NC(C)(C)C)c1. The zero-order valence-electron chi connectivity index (χ0n) is 13.9. The van der Waals surface area contributed by atoms with Gasteiger partial charge in [0.05, 0.1) is 4.90 Å². The van der Waals surface area contributed by atoms with Crippen LogP contribution in [0.2, 0.25) is 0 Å². The molecule has 5 nitrogen and oxygen atoms in total. The van der Waals surface area contributed by atoms with Gasteiger partial charge in [0.1, 0.15) is 0 Å². The third-order valence-corrected chi connectivity index (χ3v) is 4.57. The van der Waals surface area contributed by atoms with E-state index < -0.39 is 15.6 Å². The number of rotatable bonds is 6. The predicted octanol–water partition coefficient (Wildman–Crippen LogP) is 3.14. The van der Waals surface area contributed by atoms with Crippen molar-refractivity contribution in [2.45, 2.75) is 57.9 Å². The van der Waals surface area contributed by atoms with Gasteiger partial charge in [0.25, 0.3) is 0 Å². The van der Waals surface area contributed by atoms with Gasteiger partial charge >= 0.3 is 0 Å². The molecule has 0 heterocycles. The van der Waals surface area contributed by atoms with Crippen LogP contribution in [0.3, 0.4) is 0 Å². The Labute approximate surface area is 133 Å². The number of hydrogen-bond acceptors (Lipinski definition) is 3. The highest BCUT2D eigenvalue weighted by Gasteiger charge is 2.22. The van der Waals surface area contributed by atoms with Gasteiger partial charge in [-0.05, 0) is 51.3 Å². The van der Waals surface area contributed by atoms with E-state index in [2.05, 4.69) is 23.9 Å². The van der Waals surface area contributed by atoms with Crippen LogP contribution in [-0.4, -0.2) is 19.9 Å². The molecule has 0 spiro atoms. The summed E-state index contributed by atoms with van der Waals surface area (Å²) in [5.74, 6) is 0.348. The minimum atomic E-state index is -3.60. The molecular weight excluding hydrogens is 300 g/mol. The minimum Gasteiger partial charge on any atom is -0.326 e. The summed E-state index contributed by atoms with van der Waals surface area (Å²) < 4.78 is 27.1. The molecule has 1 aromatic rings. The molecule has 1 aromatic carbocycles. The van der Waals surface area contributed by atoms with Gasteiger partial charge in [-0.1, -0.05) is 19.9 Å². The van der Waals surface area contributed by atoms with Crippen molar-refractivity contribution in [2.24, 2.45) is 5.92 Å². The zero-order valence-corrected chi connectivity index (χ0v) is 14.8. The van der Waals surface area contributed by atoms with Gasteiger partial charge in [-0.3, -0.25) is 4.79 Å². The molecule has 0 radical (unpaired) electrons. The van der Waals surface area contributed by atoms with Crippen LogP contribution in [0, 0.1) is 5.92 Å². The maximum atomic E-state index is 12.3. The Hall–Kier alpha value is -1.40. The number of anilines is 1. The summed E-state index contributed by atoms with van der Waals surface area (Å²) in [4.78, 5) is 12.0. The van der Waals surface area contributed by atoms with E-state index in [1.165, 1.54) is 12.1 Å². The smallest absolute Gasteiger partial charge is 0.241 e. The molecule has 0 aliphatic heterocycles. The Morgan fingerprint density at radius 2 is 1.86 bits per heavy atom. The molecular formula is C16H26N2O3S. The second-order valence-electron chi connectivity index (χ2n) is 6.86. The number of carbonyl (C=O) groups excluding carboxylic acids is 1. The fraction of sp³-hybridized carbons (Fsp3) is 0.562. The van der Waals surface area contributed by atoms with Crippen molar-refractivity contribution in [3.63, 3.8) is 0 Å². The van der Waals surface area contributed by atoms with Gasteiger partial charge in [-0.15, -0.1) is 0 Å². The molecule has 22 heavy (non-hydrogen) atoms. The third-order valence-electron chi connectivity index (χ3n) is 2.82. The summed E-state index contributed by atoms with van der Waals surface area (Å²) in [5, 5.41) is 2.74. The Kier molecular flexibility index (Phi) is 6.14. The van der Waals surface area contributed by atoms with Crippen LogP contribution < -0.4 is 10.0 Å². The lowest BCUT2D eigenvalue weighted by Gasteiger charge is -2.20. The Morgan fingerprint density at radius 1 is 1.23 bits per heavy atom. The second-order valence-corrected chi connectivity index (χ2v) is 8.55. The molecule has 6 heteroatoms. The van der Waals surface area contributed by atoms with E-state index in [0.29, 0.717) is 18.0 Å². The Morgan fingerprint density at radius 3 is 2.41 bits per heavy atom. The van der Waals surface area contributed by atoms with Crippen molar-refractivity contribution < 1.29 is 13.2 Å². The minimum absolute atomic E-state index is 0.105. The van der Waals surface area contributed by atoms with Crippen molar-refractivity contribution in [1.29, 1.82) is 0 Å². The first kappa shape index (κ1) is 18.6. The third kappa shape index (κ3) is 6.58. The summed E-state index contributed by atoms with van der Waals surface area (Å²) in [5.41, 5.74) is -0.0689. The molecule has 0 unspecified atom stereocenters. The van der Waals surface area contributed by atoms with Gasteiger partial charge in [0, 0.05) is 17.6 Å². The number of hydrogen-bond donors (Lipinski definition) is 2. The number of carbonyl (C=O) groups is 1. The molecule has 0 fully saturated rings. The highest BCUT2D eigenvalue weighted by Crippen LogP contribution is 2.18. The molecule has 0 atom stereocenters. The average molecular weight is 326 g/mol. The molecule has 124 valence electrons. The first-order chi connectivity index (χ1) is 9.99. The highest BCUT2D eigenvalue weighted by molar-refractivity contribution is 7.89. The summed E-state index contributed by atoms with van der Waals surface area (Å²) in [6, 6.07) is 6.29. The van der Waals surface area contributed by atoms with E-state index in [0.717, 1.165) is 6.42 Å². The molecule has 0 aromatic heterocycles. The predicted molar refractivity (Wildman–Crippen MR) is 89.2 cm³/mol. The van der Waals surface area contributed by atoms with Gasteiger partial charge in [-0.25, -0.2) is 13.1 Å². The van der Waals surface area contributed by atoms with Crippen molar-refractivity contribution in [2.75, 3.05) is 5.32 Å².